The zero-order valence-corrected chi connectivity index (χ0v) is 16.3. The van der Waals surface area contributed by atoms with Gasteiger partial charge in [0.1, 0.15) is 5.75 Å². The largest absolute Gasteiger partial charge is 0.496 e. The van der Waals surface area contributed by atoms with E-state index in [-0.39, 0.29) is 24.8 Å². The number of carbonyl (C=O) groups excluding carboxylic acids is 2. The second-order valence-corrected chi connectivity index (χ2v) is 7.41. The number of rotatable bonds is 6. The van der Waals surface area contributed by atoms with Gasteiger partial charge in [-0.1, -0.05) is 29.4 Å². The maximum absolute atomic E-state index is 12.2. The highest BCUT2D eigenvalue weighted by atomic mass is 32.2. The lowest BCUT2D eigenvalue weighted by Gasteiger charge is -2.23. The summed E-state index contributed by atoms with van der Waals surface area (Å²) in [6.45, 7) is -0.170. The second kappa shape index (κ2) is 8.36. The fourth-order valence-electron chi connectivity index (χ4n) is 2.83. The van der Waals surface area contributed by atoms with Crippen molar-refractivity contribution in [1.82, 2.24) is 10.1 Å². The monoisotopic (exact) mass is 411 g/mol. The molecular weight excluding hydrogens is 394 g/mol. The van der Waals surface area contributed by atoms with Crippen molar-refractivity contribution in [3.05, 3.63) is 54.4 Å². The number of esters is 1. The number of amides is 1. The van der Waals surface area contributed by atoms with Crippen LogP contribution in [0.2, 0.25) is 0 Å². The number of aromatic nitrogens is 2. The fraction of sp³-hybridized carbons (Fsp3) is 0.200. The SMILES string of the molecule is COc1ccccc1-c1noc(COC(=O)CC2Sc3ccccc3NC2=O)n1. The van der Waals surface area contributed by atoms with Crippen molar-refractivity contribution in [2.75, 3.05) is 12.4 Å². The van der Waals surface area contributed by atoms with Crippen LogP contribution in [0.15, 0.2) is 57.9 Å². The molecule has 0 spiro atoms. The average Bonchev–Trinajstić information content (AvgIpc) is 3.21. The Morgan fingerprint density at radius 1 is 1.21 bits per heavy atom. The van der Waals surface area contributed by atoms with Gasteiger partial charge in [-0.05, 0) is 24.3 Å². The molecule has 1 atom stereocenters. The molecule has 148 valence electrons. The number of benzene rings is 2. The summed E-state index contributed by atoms with van der Waals surface area (Å²) in [6.07, 6.45) is -0.0572. The minimum absolute atomic E-state index is 0.0572. The Morgan fingerprint density at radius 2 is 2.00 bits per heavy atom. The summed E-state index contributed by atoms with van der Waals surface area (Å²) in [5, 5.41) is 6.15. The minimum atomic E-state index is -0.552. The Morgan fingerprint density at radius 3 is 2.86 bits per heavy atom. The molecule has 1 N–H and O–H groups in total. The Hall–Kier alpha value is -3.33. The van der Waals surface area contributed by atoms with E-state index in [1.54, 1.807) is 19.2 Å². The first kappa shape index (κ1) is 19.0. The van der Waals surface area contributed by atoms with Gasteiger partial charge in [-0.25, -0.2) is 0 Å². The fourth-order valence-corrected chi connectivity index (χ4v) is 3.93. The molecule has 0 saturated heterocycles. The third-order valence-electron chi connectivity index (χ3n) is 4.23. The van der Waals surface area contributed by atoms with Gasteiger partial charge in [0, 0.05) is 4.90 Å². The highest BCUT2D eigenvalue weighted by Crippen LogP contribution is 2.36. The summed E-state index contributed by atoms with van der Waals surface area (Å²) in [4.78, 5) is 29.5. The maximum atomic E-state index is 12.2. The number of hydrogen-bond donors (Lipinski definition) is 1. The summed E-state index contributed by atoms with van der Waals surface area (Å²) >= 11 is 1.34. The van der Waals surface area contributed by atoms with Gasteiger partial charge in [0.15, 0.2) is 6.61 Å². The smallest absolute Gasteiger partial charge is 0.307 e. The Balaban J connectivity index is 1.35. The number of nitrogens with one attached hydrogen (secondary N) is 1. The first-order valence-electron chi connectivity index (χ1n) is 8.82. The number of para-hydroxylation sites is 2. The Bertz CT molecular complexity index is 1050. The van der Waals surface area contributed by atoms with Gasteiger partial charge in [0.05, 0.1) is 30.0 Å². The first-order chi connectivity index (χ1) is 14.1. The van der Waals surface area contributed by atoms with E-state index in [9.17, 15) is 9.59 Å². The van der Waals surface area contributed by atoms with Crippen molar-refractivity contribution in [3.8, 4) is 17.1 Å². The molecule has 0 radical (unpaired) electrons. The zero-order valence-electron chi connectivity index (χ0n) is 15.5. The van der Waals surface area contributed by atoms with Gasteiger partial charge < -0.3 is 19.3 Å². The molecule has 8 nitrogen and oxygen atoms in total. The molecule has 1 amide bonds. The van der Waals surface area contributed by atoms with E-state index in [4.69, 9.17) is 14.0 Å². The summed E-state index contributed by atoms with van der Waals surface area (Å²) < 4.78 is 15.6. The average molecular weight is 411 g/mol. The molecule has 2 heterocycles. The number of thioether (sulfide) groups is 1. The van der Waals surface area contributed by atoms with Gasteiger partial charge in [0.25, 0.3) is 5.89 Å². The van der Waals surface area contributed by atoms with E-state index in [0.29, 0.717) is 17.1 Å². The van der Waals surface area contributed by atoms with E-state index in [1.807, 2.05) is 36.4 Å². The summed E-state index contributed by atoms with van der Waals surface area (Å²) in [6, 6.07) is 14.7. The molecule has 0 saturated carbocycles. The predicted octanol–water partition coefficient (Wildman–Crippen LogP) is 3.29. The predicted molar refractivity (Wildman–Crippen MR) is 105 cm³/mol. The summed E-state index contributed by atoms with van der Waals surface area (Å²) in [5.41, 5.74) is 1.42. The van der Waals surface area contributed by atoms with Gasteiger partial charge in [-0.2, -0.15) is 4.98 Å². The van der Waals surface area contributed by atoms with E-state index in [2.05, 4.69) is 15.5 Å². The maximum Gasteiger partial charge on any atom is 0.307 e. The van der Waals surface area contributed by atoms with Crippen molar-refractivity contribution in [2.24, 2.45) is 0 Å². The second-order valence-electron chi connectivity index (χ2n) is 6.17. The van der Waals surface area contributed by atoms with Crippen LogP contribution in [0.3, 0.4) is 0 Å². The number of hydrogen-bond acceptors (Lipinski definition) is 8. The van der Waals surface area contributed by atoms with Crippen LogP contribution in [0.25, 0.3) is 11.4 Å². The van der Waals surface area contributed by atoms with Crippen LogP contribution in [0.1, 0.15) is 12.3 Å². The number of anilines is 1. The number of carbonyl (C=O) groups is 2. The molecule has 9 heteroatoms. The lowest BCUT2D eigenvalue weighted by Crippen LogP contribution is -2.31. The van der Waals surface area contributed by atoms with E-state index in [1.165, 1.54) is 11.8 Å². The van der Waals surface area contributed by atoms with E-state index in [0.717, 1.165) is 10.6 Å². The van der Waals surface area contributed by atoms with Crippen molar-refractivity contribution >= 4 is 29.3 Å². The topological polar surface area (TPSA) is 104 Å². The molecule has 29 heavy (non-hydrogen) atoms. The molecule has 1 aliphatic heterocycles. The highest BCUT2D eigenvalue weighted by molar-refractivity contribution is 8.01. The third-order valence-corrected chi connectivity index (χ3v) is 5.51. The van der Waals surface area contributed by atoms with Crippen molar-refractivity contribution in [2.45, 2.75) is 23.2 Å². The summed E-state index contributed by atoms with van der Waals surface area (Å²) in [7, 11) is 1.55. The normalized spacial score (nSPS) is 15.3. The van der Waals surface area contributed by atoms with Crippen LogP contribution >= 0.6 is 11.8 Å². The molecule has 0 fully saturated rings. The zero-order chi connectivity index (χ0) is 20.2. The van der Waals surface area contributed by atoms with Crippen LogP contribution < -0.4 is 10.1 Å². The van der Waals surface area contributed by atoms with Gasteiger partial charge in [0.2, 0.25) is 11.7 Å². The van der Waals surface area contributed by atoms with Crippen molar-refractivity contribution < 1.29 is 23.6 Å². The molecule has 1 unspecified atom stereocenters. The molecule has 0 aliphatic carbocycles. The van der Waals surface area contributed by atoms with Crippen LogP contribution in [0.5, 0.6) is 5.75 Å². The van der Waals surface area contributed by atoms with Gasteiger partial charge in [-0.3, -0.25) is 9.59 Å². The minimum Gasteiger partial charge on any atom is -0.496 e. The number of fused-ring (bicyclic) bond motifs is 1. The van der Waals surface area contributed by atoms with Crippen molar-refractivity contribution in [1.29, 1.82) is 0 Å². The first-order valence-corrected chi connectivity index (χ1v) is 9.70. The van der Waals surface area contributed by atoms with Crippen LogP contribution in [-0.2, 0) is 20.9 Å². The van der Waals surface area contributed by atoms with Crippen LogP contribution in [0.4, 0.5) is 5.69 Å². The molecule has 3 aromatic rings. The van der Waals surface area contributed by atoms with Crippen LogP contribution in [-0.4, -0.2) is 34.4 Å². The Labute approximate surface area is 170 Å². The van der Waals surface area contributed by atoms with E-state index < -0.39 is 11.2 Å². The molecule has 0 bridgehead atoms. The van der Waals surface area contributed by atoms with Gasteiger partial charge >= 0.3 is 5.97 Å². The third kappa shape index (κ3) is 4.24. The molecule has 1 aromatic heterocycles. The van der Waals surface area contributed by atoms with Crippen molar-refractivity contribution in [3.63, 3.8) is 0 Å². The quantitative estimate of drug-likeness (QED) is 0.616. The lowest BCUT2D eigenvalue weighted by atomic mass is 10.2. The Kier molecular flexibility index (Phi) is 5.48. The highest BCUT2D eigenvalue weighted by Gasteiger charge is 2.29. The molecule has 1 aliphatic rings. The number of ether oxygens (including phenoxy) is 2. The summed E-state index contributed by atoms with van der Waals surface area (Å²) in [5.74, 6) is 0.367. The lowest BCUT2D eigenvalue weighted by molar-refractivity contribution is -0.146. The molecule has 4 rings (SSSR count). The molecular formula is C20H17N3O5S. The van der Waals surface area contributed by atoms with Gasteiger partial charge in [-0.15, -0.1) is 11.8 Å². The number of methoxy groups -OCH3 is 1. The molecule has 2 aromatic carbocycles. The standard InChI is InChI=1S/C20H17N3O5S/c1-26-14-8-4-2-6-12(14)19-22-17(28-23-19)11-27-18(24)10-16-20(25)21-13-7-3-5-9-15(13)29-16/h2-9,16H,10-11H2,1H3,(H,21,25). The van der Waals surface area contributed by atoms with E-state index >= 15 is 0 Å². The number of nitrogens with zero attached hydrogens (tertiary/aromatic N) is 2. The van der Waals surface area contributed by atoms with Crippen LogP contribution in [0, 0.1) is 0 Å².